The Morgan fingerprint density at radius 1 is 1.33 bits per heavy atom. The molecule has 0 aromatic heterocycles. The molecule has 0 saturated carbocycles. The van der Waals surface area contributed by atoms with E-state index in [4.69, 9.17) is 5.73 Å². The number of hydrogen-bond donors (Lipinski definition) is 2. The molecule has 1 aromatic rings. The van der Waals surface area contributed by atoms with Crippen LogP contribution in [0.25, 0.3) is 0 Å². The summed E-state index contributed by atoms with van der Waals surface area (Å²) in [5.41, 5.74) is 5.99. The van der Waals surface area contributed by atoms with Gasteiger partial charge in [0.15, 0.2) is 11.6 Å². The first-order chi connectivity index (χ1) is 11.3. The first kappa shape index (κ1) is 18.8. The van der Waals surface area contributed by atoms with Crippen LogP contribution in [-0.2, 0) is 11.3 Å². The van der Waals surface area contributed by atoms with Gasteiger partial charge in [0.2, 0.25) is 5.91 Å². The van der Waals surface area contributed by atoms with Gasteiger partial charge in [-0.1, -0.05) is 19.4 Å². The number of carbonyl (C=O) groups excluding carboxylic acids is 1. The number of likely N-dealkylation sites (tertiary alicyclic amines) is 1. The van der Waals surface area contributed by atoms with E-state index in [0.29, 0.717) is 13.0 Å². The summed E-state index contributed by atoms with van der Waals surface area (Å²) < 4.78 is 26.2. The van der Waals surface area contributed by atoms with Crippen molar-refractivity contribution >= 4 is 5.91 Å². The Balaban J connectivity index is 1.81. The molecule has 1 atom stereocenters. The molecule has 24 heavy (non-hydrogen) atoms. The fraction of sp³-hybridized carbons (Fsp3) is 0.611. The molecule has 1 aromatic carbocycles. The zero-order valence-corrected chi connectivity index (χ0v) is 14.4. The lowest BCUT2D eigenvalue weighted by Gasteiger charge is -2.34. The summed E-state index contributed by atoms with van der Waals surface area (Å²) >= 11 is 0. The van der Waals surface area contributed by atoms with Gasteiger partial charge in [0, 0.05) is 25.7 Å². The quantitative estimate of drug-likeness (QED) is 0.837. The number of nitrogens with two attached hydrogens (primary N) is 1. The van der Waals surface area contributed by atoms with Crippen molar-refractivity contribution in [1.29, 1.82) is 0 Å². The molecule has 1 aliphatic heterocycles. The number of rotatable bonds is 6. The molecule has 0 spiro atoms. The summed E-state index contributed by atoms with van der Waals surface area (Å²) in [6.45, 7) is 5.97. The van der Waals surface area contributed by atoms with Gasteiger partial charge in [-0.2, -0.15) is 0 Å². The first-order valence-corrected chi connectivity index (χ1v) is 8.58. The summed E-state index contributed by atoms with van der Waals surface area (Å²) in [5.74, 6) is -1.73. The maximum Gasteiger partial charge on any atom is 0.240 e. The number of nitrogens with one attached hydrogen (secondary N) is 1. The van der Waals surface area contributed by atoms with Gasteiger partial charge >= 0.3 is 0 Å². The summed E-state index contributed by atoms with van der Waals surface area (Å²) in [6.07, 6.45) is 3.19. The van der Waals surface area contributed by atoms with Crippen molar-refractivity contribution in [1.82, 2.24) is 10.2 Å². The van der Waals surface area contributed by atoms with Crippen molar-refractivity contribution in [3.05, 3.63) is 35.4 Å². The molecule has 1 heterocycles. The van der Waals surface area contributed by atoms with Crippen molar-refractivity contribution in [2.75, 3.05) is 13.1 Å². The van der Waals surface area contributed by atoms with Crippen molar-refractivity contribution < 1.29 is 13.6 Å². The molecule has 1 fully saturated rings. The van der Waals surface area contributed by atoms with Crippen molar-refractivity contribution in [3.8, 4) is 0 Å². The van der Waals surface area contributed by atoms with Crippen LogP contribution >= 0.6 is 0 Å². The van der Waals surface area contributed by atoms with Crippen molar-refractivity contribution in [3.63, 3.8) is 0 Å². The molecule has 4 nitrogen and oxygen atoms in total. The van der Waals surface area contributed by atoms with Gasteiger partial charge in [-0.05, 0) is 43.9 Å². The second-order valence-electron chi connectivity index (χ2n) is 6.94. The van der Waals surface area contributed by atoms with Crippen LogP contribution in [0.4, 0.5) is 8.78 Å². The highest BCUT2D eigenvalue weighted by molar-refractivity contribution is 5.85. The average molecular weight is 339 g/mol. The van der Waals surface area contributed by atoms with Crippen LogP contribution in [0, 0.1) is 11.6 Å². The number of hydrogen-bond acceptors (Lipinski definition) is 3. The Morgan fingerprint density at radius 2 is 2.00 bits per heavy atom. The molecule has 6 heteroatoms. The van der Waals surface area contributed by atoms with Crippen LogP contribution in [0.5, 0.6) is 0 Å². The second-order valence-corrected chi connectivity index (χ2v) is 6.94. The highest BCUT2D eigenvalue weighted by Gasteiger charge is 2.30. The van der Waals surface area contributed by atoms with Gasteiger partial charge in [-0.3, -0.25) is 9.69 Å². The monoisotopic (exact) mass is 339 g/mol. The lowest BCUT2D eigenvalue weighted by atomic mass is 9.95. The standard InChI is InChI=1S/C18H27F2N3O/c1-3-8-18(2,21)17(24)22-14-6-9-23(10-7-14)12-13-4-5-15(19)16(20)11-13/h4-5,11,14H,3,6-10,12,21H2,1-2H3,(H,22,24). The average Bonchev–Trinajstić information content (AvgIpc) is 2.53. The van der Waals surface area contributed by atoms with Crippen molar-refractivity contribution in [2.45, 2.75) is 57.7 Å². The molecule has 1 amide bonds. The lowest BCUT2D eigenvalue weighted by molar-refractivity contribution is -0.127. The van der Waals surface area contributed by atoms with E-state index in [1.807, 2.05) is 6.92 Å². The number of carbonyl (C=O) groups is 1. The number of amides is 1. The van der Waals surface area contributed by atoms with Gasteiger partial charge in [-0.15, -0.1) is 0 Å². The van der Waals surface area contributed by atoms with Gasteiger partial charge in [0.1, 0.15) is 0 Å². The van der Waals surface area contributed by atoms with Crippen LogP contribution < -0.4 is 11.1 Å². The topological polar surface area (TPSA) is 58.4 Å². The molecule has 1 aliphatic rings. The number of nitrogens with zero attached hydrogens (tertiary/aromatic N) is 1. The third-order valence-electron chi connectivity index (χ3n) is 4.60. The van der Waals surface area contributed by atoms with Gasteiger partial charge in [-0.25, -0.2) is 8.78 Å². The fourth-order valence-corrected chi connectivity index (χ4v) is 3.11. The minimum absolute atomic E-state index is 0.0941. The van der Waals surface area contributed by atoms with E-state index in [1.54, 1.807) is 13.0 Å². The van der Waals surface area contributed by atoms with E-state index in [2.05, 4.69) is 10.2 Å². The smallest absolute Gasteiger partial charge is 0.240 e. The Bertz CT molecular complexity index is 569. The Kier molecular flexibility index (Phi) is 6.29. The third kappa shape index (κ3) is 4.98. The molecule has 2 rings (SSSR count). The van der Waals surface area contributed by atoms with E-state index in [-0.39, 0.29) is 11.9 Å². The first-order valence-electron chi connectivity index (χ1n) is 8.58. The summed E-state index contributed by atoms with van der Waals surface area (Å²) in [6, 6.07) is 4.14. The van der Waals surface area contributed by atoms with E-state index in [9.17, 15) is 13.6 Å². The van der Waals surface area contributed by atoms with Crippen LogP contribution in [0.2, 0.25) is 0 Å². The minimum Gasteiger partial charge on any atom is -0.352 e. The van der Waals surface area contributed by atoms with Crippen LogP contribution in [0.3, 0.4) is 0 Å². The molecule has 1 unspecified atom stereocenters. The minimum atomic E-state index is -0.822. The zero-order chi connectivity index (χ0) is 17.7. The summed E-state index contributed by atoms with van der Waals surface area (Å²) in [4.78, 5) is 14.4. The molecule has 0 radical (unpaired) electrons. The number of piperidine rings is 1. The molecular weight excluding hydrogens is 312 g/mol. The molecule has 3 N–H and O–H groups in total. The number of halogens is 2. The van der Waals surface area contributed by atoms with Crippen molar-refractivity contribution in [2.24, 2.45) is 5.73 Å². The lowest BCUT2D eigenvalue weighted by Crippen LogP contribution is -2.55. The van der Waals surface area contributed by atoms with E-state index < -0.39 is 17.2 Å². The van der Waals surface area contributed by atoms with E-state index in [1.165, 1.54) is 6.07 Å². The Morgan fingerprint density at radius 3 is 2.58 bits per heavy atom. The maximum atomic E-state index is 13.3. The predicted molar refractivity (Wildman–Crippen MR) is 90.3 cm³/mol. The predicted octanol–water partition coefficient (Wildman–Crippen LogP) is 2.56. The van der Waals surface area contributed by atoms with Crippen LogP contribution in [0.15, 0.2) is 18.2 Å². The second kappa shape index (κ2) is 8.03. The van der Waals surface area contributed by atoms with Crippen LogP contribution in [0.1, 0.15) is 45.1 Å². The largest absolute Gasteiger partial charge is 0.352 e. The maximum absolute atomic E-state index is 13.3. The summed E-state index contributed by atoms with van der Waals surface area (Å²) in [5, 5.41) is 3.04. The van der Waals surface area contributed by atoms with E-state index >= 15 is 0 Å². The summed E-state index contributed by atoms with van der Waals surface area (Å²) in [7, 11) is 0. The normalized spacial score (nSPS) is 19.0. The third-order valence-corrected chi connectivity index (χ3v) is 4.60. The number of benzene rings is 1. The fourth-order valence-electron chi connectivity index (χ4n) is 3.11. The Hall–Kier alpha value is -1.53. The van der Waals surface area contributed by atoms with E-state index in [0.717, 1.165) is 44.0 Å². The SMILES string of the molecule is CCCC(C)(N)C(=O)NC1CCN(Cc2ccc(F)c(F)c2)CC1. The molecule has 1 saturated heterocycles. The molecule has 0 bridgehead atoms. The molecule has 134 valence electrons. The van der Waals surface area contributed by atoms with Gasteiger partial charge in [0.05, 0.1) is 5.54 Å². The zero-order valence-electron chi connectivity index (χ0n) is 14.4. The van der Waals surface area contributed by atoms with Gasteiger partial charge in [0.25, 0.3) is 0 Å². The molecular formula is C18H27F2N3O. The highest BCUT2D eigenvalue weighted by atomic mass is 19.2. The Labute approximate surface area is 142 Å². The van der Waals surface area contributed by atoms with Crippen LogP contribution in [-0.4, -0.2) is 35.5 Å². The molecule has 0 aliphatic carbocycles. The van der Waals surface area contributed by atoms with Gasteiger partial charge < -0.3 is 11.1 Å². The highest BCUT2D eigenvalue weighted by Crippen LogP contribution is 2.17.